The molecule has 6 heteroatoms. The monoisotopic (exact) mass is 496 g/mol. The summed E-state index contributed by atoms with van der Waals surface area (Å²) in [4.78, 5) is 37.7. The summed E-state index contributed by atoms with van der Waals surface area (Å²) in [6.45, 7) is 0. The average Bonchev–Trinajstić information content (AvgIpc) is 3.43. The molecule has 0 radical (unpaired) electrons. The van der Waals surface area contributed by atoms with Gasteiger partial charge < -0.3 is 15.4 Å². The number of hydrogen-bond donors (Lipinski definition) is 2. The van der Waals surface area contributed by atoms with Crippen molar-refractivity contribution in [2.45, 2.75) is 44.6 Å². The van der Waals surface area contributed by atoms with E-state index in [4.69, 9.17) is 4.74 Å². The van der Waals surface area contributed by atoms with Crippen LogP contribution in [0.1, 0.15) is 59.6 Å². The molecule has 3 atom stereocenters. The van der Waals surface area contributed by atoms with E-state index in [1.807, 2.05) is 60.7 Å². The lowest BCUT2D eigenvalue weighted by Crippen LogP contribution is -2.34. The van der Waals surface area contributed by atoms with Crippen LogP contribution in [0, 0.1) is 11.8 Å². The van der Waals surface area contributed by atoms with Gasteiger partial charge in [0.25, 0.3) is 0 Å². The minimum atomic E-state index is -0.345. The quantitative estimate of drug-likeness (QED) is 0.309. The Morgan fingerprint density at radius 1 is 0.784 bits per heavy atom. The summed E-state index contributed by atoms with van der Waals surface area (Å²) >= 11 is 0. The molecule has 1 unspecified atom stereocenters. The third-order valence-corrected chi connectivity index (χ3v) is 7.68. The molecule has 1 saturated carbocycles. The molecule has 2 aliphatic rings. The number of benzene rings is 3. The molecule has 0 saturated heterocycles. The number of esters is 1. The molecular formula is C31H32N2O4. The van der Waals surface area contributed by atoms with E-state index in [2.05, 4.69) is 22.8 Å². The number of ether oxygens (including phenoxy) is 1. The zero-order valence-electron chi connectivity index (χ0n) is 21.0. The number of urea groups is 1. The van der Waals surface area contributed by atoms with Crippen LogP contribution in [0.5, 0.6) is 0 Å². The molecule has 2 aliphatic carbocycles. The second-order valence-corrected chi connectivity index (χ2v) is 9.93. The van der Waals surface area contributed by atoms with Gasteiger partial charge in [0.2, 0.25) is 0 Å². The molecule has 1 fully saturated rings. The normalized spacial score (nSPS) is 20.5. The summed E-state index contributed by atoms with van der Waals surface area (Å²) in [5.41, 5.74) is 5.80. The standard InChI is InChI=1S/C31H32N2O4/c1-37-30(35)27-10-5-9-26(27)29(34)23-14-12-20(13-15-23)21-16-18-24(19-17-21)32-31(36)33-28-11-4-7-22-6-2-3-8-25(22)28/h2-3,6,8,12-19,26-28H,4-5,7,9-11H2,1H3,(H2,32,33,36)/t26-,27-,28?/m1/s1. The van der Waals surface area contributed by atoms with Gasteiger partial charge in [-0.3, -0.25) is 9.59 Å². The van der Waals surface area contributed by atoms with E-state index < -0.39 is 0 Å². The molecule has 0 heterocycles. The summed E-state index contributed by atoms with van der Waals surface area (Å²) in [5, 5.41) is 6.05. The lowest BCUT2D eigenvalue weighted by molar-refractivity contribution is -0.146. The Balaban J connectivity index is 1.20. The maximum atomic E-state index is 13.0. The van der Waals surface area contributed by atoms with Crippen molar-refractivity contribution in [3.05, 3.63) is 89.5 Å². The van der Waals surface area contributed by atoms with Gasteiger partial charge in [-0.1, -0.05) is 67.1 Å². The van der Waals surface area contributed by atoms with E-state index in [0.717, 1.165) is 43.2 Å². The Labute approximate surface area is 217 Å². The molecule has 0 bridgehead atoms. The number of rotatable bonds is 6. The van der Waals surface area contributed by atoms with Crippen molar-refractivity contribution in [1.29, 1.82) is 0 Å². The number of methoxy groups -OCH3 is 1. The number of carbonyl (C=O) groups is 3. The molecular weight excluding hydrogens is 464 g/mol. The van der Waals surface area contributed by atoms with Crippen LogP contribution in [0.4, 0.5) is 10.5 Å². The molecule has 2 N–H and O–H groups in total. The highest BCUT2D eigenvalue weighted by atomic mass is 16.5. The maximum absolute atomic E-state index is 13.0. The van der Waals surface area contributed by atoms with E-state index in [0.29, 0.717) is 17.7 Å². The van der Waals surface area contributed by atoms with Crippen LogP contribution in [-0.2, 0) is 16.0 Å². The van der Waals surface area contributed by atoms with E-state index in [-0.39, 0.29) is 35.7 Å². The van der Waals surface area contributed by atoms with Crippen LogP contribution >= 0.6 is 0 Å². The average molecular weight is 497 g/mol. The lowest BCUT2D eigenvalue weighted by Gasteiger charge is -2.26. The van der Waals surface area contributed by atoms with Crippen molar-refractivity contribution in [2.24, 2.45) is 11.8 Å². The predicted molar refractivity (Wildman–Crippen MR) is 143 cm³/mol. The summed E-state index contributed by atoms with van der Waals surface area (Å²) in [6.07, 6.45) is 5.34. The Morgan fingerprint density at radius 3 is 2.19 bits per heavy atom. The molecule has 37 heavy (non-hydrogen) atoms. The van der Waals surface area contributed by atoms with Crippen molar-refractivity contribution in [1.82, 2.24) is 5.32 Å². The van der Waals surface area contributed by atoms with E-state index in [9.17, 15) is 14.4 Å². The SMILES string of the molecule is COC(=O)[C@@H]1CCC[C@H]1C(=O)c1ccc(-c2ccc(NC(=O)NC3CCCc4ccccc43)cc2)cc1. The highest BCUT2D eigenvalue weighted by Crippen LogP contribution is 2.35. The summed E-state index contributed by atoms with van der Waals surface area (Å²) in [5.74, 6) is -0.942. The molecule has 0 spiro atoms. The zero-order chi connectivity index (χ0) is 25.8. The molecule has 0 aromatic heterocycles. The smallest absolute Gasteiger partial charge is 0.319 e. The van der Waals surface area contributed by atoms with Crippen molar-refractivity contribution in [2.75, 3.05) is 12.4 Å². The highest BCUT2D eigenvalue weighted by molar-refractivity contribution is 6.00. The summed E-state index contributed by atoms with van der Waals surface area (Å²) in [7, 11) is 1.38. The number of anilines is 1. The van der Waals surface area contributed by atoms with Gasteiger partial charge >= 0.3 is 12.0 Å². The first kappa shape index (κ1) is 24.8. The molecule has 2 amide bonds. The number of nitrogens with one attached hydrogen (secondary N) is 2. The predicted octanol–water partition coefficient (Wildman–Crippen LogP) is 6.32. The largest absolute Gasteiger partial charge is 0.469 e. The van der Waals surface area contributed by atoms with Crippen molar-refractivity contribution >= 4 is 23.5 Å². The molecule has 5 rings (SSSR count). The Kier molecular flexibility index (Phi) is 7.35. The van der Waals surface area contributed by atoms with E-state index in [1.54, 1.807) is 0 Å². The second-order valence-electron chi connectivity index (χ2n) is 9.93. The van der Waals surface area contributed by atoms with Crippen LogP contribution in [0.25, 0.3) is 11.1 Å². The van der Waals surface area contributed by atoms with Gasteiger partial charge in [-0.25, -0.2) is 4.79 Å². The zero-order valence-corrected chi connectivity index (χ0v) is 21.0. The van der Waals surface area contributed by atoms with Crippen molar-refractivity contribution in [3.8, 4) is 11.1 Å². The first-order valence-electron chi connectivity index (χ1n) is 13.0. The van der Waals surface area contributed by atoms with Crippen LogP contribution < -0.4 is 10.6 Å². The fourth-order valence-electron chi connectivity index (χ4n) is 5.72. The highest BCUT2D eigenvalue weighted by Gasteiger charge is 2.38. The number of hydrogen-bond acceptors (Lipinski definition) is 4. The Hall–Kier alpha value is -3.93. The minimum Gasteiger partial charge on any atom is -0.469 e. The first-order chi connectivity index (χ1) is 18.0. The maximum Gasteiger partial charge on any atom is 0.319 e. The molecule has 3 aromatic carbocycles. The lowest BCUT2D eigenvalue weighted by atomic mass is 9.88. The Bertz CT molecular complexity index is 1280. The van der Waals surface area contributed by atoms with Crippen LogP contribution in [0.3, 0.4) is 0 Å². The van der Waals surface area contributed by atoms with Crippen molar-refractivity contribution in [3.63, 3.8) is 0 Å². The third-order valence-electron chi connectivity index (χ3n) is 7.68. The van der Waals surface area contributed by atoms with Gasteiger partial charge in [0.15, 0.2) is 5.78 Å². The van der Waals surface area contributed by atoms with Crippen LogP contribution in [0.2, 0.25) is 0 Å². The number of carbonyl (C=O) groups excluding carboxylic acids is 3. The first-order valence-corrected chi connectivity index (χ1v) is 13.0. The van der Waals surface area contributed by atoms with E-state index >= 15 is 0 Å². The number of Topliss-reactive ketones (excluding diaryl/α,β-unsaturated/α-hetero) is 1. The number of aryl methyl sites for hydroxylation is 1. The van der Waals surface area contributed by atoms with Gasteiger partial charge in [-0.05, 0) is 66.5 Å². The minimum absolute atomic E-state index is 0.00518. The molecule has 6 nitrogen and oxygen atoms in total. The van der Waals surface area contributed by atoms with Gasteiger partial charge in [0.1, 0.15) is 0 Å². The van der Waals surface area contributed by atoms with Gasteiger partial charge in [0.05, 0.1) is 19.1 Å². The molecule has 3 aromatic rings. The number of fused-ring (bicyclic) bond motifs is 1. The van der Waals surface area contributed by atoms with Gasteiger partial charge in [-0.2, -0.15) is 0 Å². The van der Waals surface area contributed by atoms with Gasteiger partial charge in [-0.15, -0.1) is 0 Å². The van der Waals surface area contributed by atoms with Crippen LogP contribution in [0.15, 0.2) is 72.8 Å². The molecule has 190 valence electrons. The third kappa shape index (κ3) is 5.43. The fraction of sp³-hybridized carbons (Fsp3) is 0.323. The fourth-order valence-corrected chi connectivity index (χ4v) is 5.72. The Morgan fingerprint density at radius 2 is 1.46 bits per heavy atom. The molecule has 0 aliphatic heterocycles. The topological polar surface area (TPSA) is 84.5 Å². The van der Waals surface area contributed by atoms with Crippen LogP contribution in [-0.4, -0.2) is 24.9 Å². The van der Waals surface area contributed by atoms with Gasteiger partial charge in [0, 0.05) is 17.2 Å². The summed E-state index contributed by atoms with van der Waals surface area (Å²) < 4.78 is 4.89. The summed E-state index contributed by atoms with van der Waals surface area (Å²) in [6, 6.07) is 23.3. The van der Waals surface area contributed by atoms with E-state index in [1.165, 1.54) is 18.2 Å². The van der Waals surface area contributed by atoms with Crippen molar-refractivity contribution < 1.29 is 19.1 Å². The second kappa shape index (κ2) is 11.0. The number of amides is 2. The number of ketones is 1.